The van der Waals surface area contributed by atoms with Gasteiger partial charge in [-0.15, -0.1) is 6.58 Å². The lowest BCUT2D eigenvalue weighted by molar-refractivity contribution is -0.139. The Hall–Kier alpha value is -2.56. The molecule has 0 radical (unpaired) electrons. The standard InChI is InChI=1S/C18H22N2O3/c1-3-5-9-12-20-13-15(17(21)23-4-2)16(19-18(20)22)14-10-7-6-8-11-14/h3,6-8,10-11,13,16H,1,4-5,9,12H2,2H3,(H,19,22). The summed E-state index contributed by atoms with van der Waals surface area (Å²) in [5.41, 5.74) is 1.29. The molecule has 1 unspecified atom stereocenters. The number of unbranched alkanes of at least 4 members (excludes halogenated alkanes) is 1. The van der Waals surface area contributed by atoms with Gasteiger partial charge in [-0.25, -0.2) is 9.59 Å². The topological polar surface area (TPSA) is 58.6 Å². The van der Waals surface area contributed by atoms with Crippen LogP contribution in [0.3, 0.4) is 0 Å². The first-order valence-corrected chi connectivity index (χ1v) is 7.79. The summed E-state index contributed by atoms with van der Waals surface area (Å²) < 4.78 is 5.14. The number of allylic oxidation sites excluding steroid dienone is 1. The van der Waals surface area contributed by atoms with Crippen LogP contribution in [0, 0.1) is 0 Å². The Labute approximate surface area is 136 Å². The van der Waals surface area contributed by atoms with Crippen molar-refractivity contribution in [2.24, 2.45) is 0 Å². The first-order valence-electron chi connectivity index (χ1n) is 7.79. The zero-order chi connectivity index (χ0) is 16.7. The van der Waals surface area contributed by atoms with Gasteiger partial charge >= 0.3 is 12.0 Å². The fourth-order valence-electron chi connectivity index (χ4n) is 2.45. The second-order valence-corrected chi connectivity index (χ2v) is 5.22. The molecule has 2 rings (SSSR count). The highest BCUT2D eigenvalue weighted by atomic mass is 16.5. The van der Waals surface area contributed by atoms with Gasteiger partial charge in [-0.2, -0.15) is 0 Å². The SMILES string of the molecule is C=CCCCN1C=C(C(=O)OCC)C(c2ccccc2)NC1=O. The van der Waals surface area contributed by atoms with E-state index in [0.717, 1.165) is 18.4 Å². The van der Waals surface area contributed by atoms with E-state index < -0.39 is 12.0 Å². The Kier molecular flexibility index (Phi) is 5.97. The fourth-order valence-corrected chi connectivity index (χ4v) is 2.45. The molecule has 1 aromatic carbocycles. The third-order valence-electron chi connectivity index (χ3n) is 3.59. The second-order valence-electron chi connectivity index (χ2n) is 5.22. The number of nitrogens with one attached hydrogen (secondary N) is 1. The number of urea groups is 1. The molecule has 1 aliphatic rings. The maximum Gasteiger partial charge on any atom is 0.337 e. The van der Waals surface area contributed by atoms with Crippen molar-refractivity contribution in [3.63, 3.8) is 0 Å². The number of esters is 1. The summed E-state index contributed by atoms with van der Waals surface area (Å²) in [6.07, 6.45) is 5.02. The zero-order valence-electron chi connectivity index (χ0n) is 13.3. The molecule has 0 saturated heterocycles. The summed E-state index contributed by atoms with van der Waals surface area (Å²) in [7, 11) is 0. The van der Waals surface area contributed by atoms with E-state index in [-0.39, 0.29) is 6.03 Å². The molecule has 5 heteroatoms. The maximum absolute atomic E-state index is 12.3. The second kappa shape index (κ2) is 8.17. The van der Waals surface area contributed by atoms with Gasteiger partial charge in [0.05, 0.1) is 18.2 Å². The van der Waals surface area contributed by atoms with Crippen molar-refractivity contribution in [3.8, 4) is 0 Å². The zero-order valence-corrected chi connectivity index (χ0v) is 13.3. The van der Waals surface area contributed by atoms with Gasteiger partial charge in [0.15, 0.2) is 0 Å². The van der Waals surface area contributed by atoms with Crippen LogP contribution in [0.25, 0.3) is 0 Å². The summed E-state index contributed by atoms with van der Waals surface area (Å²) in [4.78, 5) is 26.1. The number of carbonyl (C=O) groups is 2. The lowest BCUT2D eigenvalue weighted by atomic mass is 9.98. The minimum Gasteiger partial charge on any atom is -0.463 e. The van der Waals surface area contributed by atoms with E-state index in [1.807, 2.05) is 36.4 Å². The van der Waals surface area contributed by atoms with Crippen molar-refractivity contribution in [1.29, 1.82) is 0 Å². The van der Waals surface area contributed by atoms with Crippen molar-refractivity contribution in [2.45, 2.75) is 25.8 Å². The number of ether oxygens (including phenoxy) is 1. The molecule has 0 fully saturated rings. The summed E-state index contributed by atoms with van der Waals surface area (Å²) in [5.74, 6) is -0.407. The maximum atomic E-state index is 12.3. The van der Waals surface area contributed by atoms with Crippen LogP contribution in [-0.2, 0) is 9.53 Å². The van der Waals surface area contributed by atoms with E-state index in [4.69, 9.17) is 4.74 Å². The number of carbonyl (C=O) groups excluding carboxylic acids is 2. The lowest BCUT2D eigenvalue weighted by Gasteiger charge is -2.31. The van der Waals surface area contributed by atoms with Crippen LogP contribution in [0.15, 0.2) is 54.8 Å². The van der Waals surface area contributed by atoms with E-state index in [0.29, 0.717) is 18.7 Å². The van der Waals surface area contributed by atoms with Gasteiger partial charge < -0.3 is 15.0 Å². The molecule has 0 bridgehead atoms. The summed E-state index contributed by atoms with van der Waals surface area (Å²) in [5, 5.41) is 2.89. The third kappa shape index (κ3) is 4.22. The monoisotopic (exact) mass is 314 g/mol. The van der Waals surface area contributed by atoms with Crippen LogP contribution < -0.4 is 5.32 Å². The van der Waals surface area contributed by atoms with E-state index in [2.05, 4.69) is 11.9 Å². The molecule has 5 nitrogen and oxygen atoms in total. The Morgan fingerprint density at radius 1 is 1.39 bits per heavy atom. The lowest BCUT2D eigenvalue weighted by Crippen LogP contribution is -2.45. The molecule has 0 aliphatic carbocycles. The molecular weight excluding hydrogens is 292 g/mol. The smallest absolute Gasteiger partial charge is 0.337 e. The Bertz CT molecular complexity index is 596. The van der Waals surface area contributed by atoms with Crippen LogP contribution in [0.2, 0.25) is 0 Å². The first-order chi connectivity index (χ1) is 11.2. The van der Waals surface area contributed by atoms with E-state index in [9.17, 15) is 9.59 Å². The van der Waals surface area contributed by atoms with E-state index >= 15 is 0 Å². The van der Waals surface area contributed by atoms with Gasteiger partial charge in [-0.05, 0) is 25.3 Å². The van der Waals surface area contributed by atoms with Crippen molar-refractivity contribution >= 4 is 12.0 Å². The van der Waals surface area contributed by atoms with E-state index in [1.165, 1.54) is 4.90 Å². The molecule has 23 heavy (non-hydrogen) atoms. The summed E-state index contributed by atoms with van der Waals surface area (Å²) >= 11 is 0. The molecular formula is C18H22N2O3. The highest BCUT2D eigenvalue weighted by Crippen LogP contribution is 2.27. The van der Waals surface area contributed by atoms with Crippen LogP contribution >= 0.6 is 0 Å². The summed E-state index contributed by atoms with van der Waals surface area (Å²) in [6.45, 7) is 6.26. The quantitative estimate of drug-likeness (QED) is 0.478. The van der Waals surface area contributed by atoms with Crippen molar-refractivity contribution < 1.29 is 14.3 Å². The Balaban J connectivity index is 2.28. The normalized spacial score (nSPS) is 17.3. The van der Waals surface area contributed by atoms with Gasteiger partial charge in [-0.3, -0.25) is 0 Å². The van der Waals surface area contributed by atoms with Crippen LogP contribution in [-0.4, -0.2) is 30.1 Å². The van der Waals surface area contributed by atoms with Crippen molar-refractivity contribution in [2.75, 3.05) is 13.2 Å². The predicted molar refractivity (Wildman–Crippen MR) is 88.6 cm³/mol. The fraction of sp³-hybridized carbons (Fsp3) is 0.333. The summed E-state index contributed by atoms with van der Waals surface area (Å²) in [6, 6.07) is 8.70. The molecule has 0 spiro atoms. The van der Waals surface area contributed by atoms with Crippen LogP contribution in [0.1, 0.15) is 31.4 Å². The molecule has 0 saturated carbocycles. The average molecular weight is 314 g/mol. The molecule has 1 atom stereocenters. The van der Waals surface area contributed by atoms with E-state index in [1.54, 1.807) is 13.1 Å². The first kappa shape index (κ1) is 16.8. The average Bonchev–Trinajstić information content (AvgIpc) is 2.57. The Morgan fingerprint density at radius 2 is 2.13 bits per heavy atom. The number of nitrogens with zero attached hydrogens (tertiary/aromatic N) is 1. The largest absolute Gasteiger partial charge is 0.463 e. The van der Waals surface area contributed by atoms with Gasteiger partial charge in [-0.1, -0.05) is 36.4 Å². The Morgan fingerprint density at radius 3 is 2.78 bits per heavy atom. The number of hydrogen-bond acceptors (Lipinski definition) is 3. The molecule has 1 N–H and O–H groups in total. The number of amides is 2. The molecule has 1 aliphatic heterocycles. The minimum atomic E-state index is -0.488. The van der Waals surface area contributed by atoms with Crippen LogP contribution in [0.5, 0.6) is 0 Å². The number of rotatable bonds is 7. The van der Waals surface area contributed by atoms with Gasteiger partial charge in [0.2, 0.25) is 0 Å². The highest BCUT2D eigenvalue weighted by molar-refractivity contribution is 5.93. The third-order valence-corrected chi connectivity index (χ3v) is 3.59. The predicted octanol–water partition coefficient (Wildman–Crippen LogP) is 3.17. The highest BCUT2D eigenvalue weighted by Gasteiger charge is 2.32. The minimum absolute atomic E-state index is 0.212. The molecule has 122 valence electrons. The van der Waals surface area contributed by atoms with Gasteiger partial charge in [0, 0.05) is 12.7 Å². The van der Waals surface area contributed by atoms with Crippen molar-refractivity contribution in [3.05, 3.63) is 60.3 Å². The van der Waals surface area contributed by atoms with Gasteiger partial charge in [0.25, 0.3) is 0 Å². The number of benzene rings is 1. The van der Waals surface area contributed by atoms with Crippen molar-refractivity contribution in [1.82, 2.24) is 10.2 Å². The molecule has 1 heterocycles. The molecule has 1 aromatic rings. The molecule has 0 aromatic heterocycles. The van der Waals surface area contributed by atoms with Gasteiger partial charge in [0.1, 0.15) is 0 Å². The number of hydrogen-bond donors (Lipinski definition) is 1. The molecule has 2 amide bonds. The van der Waals surface area contributed by atoms with Crippen LogP contribution in [0.4, 0.5) is 4.79 Å².